The first-order valence-corrected chi connectivity index (χ1v) is 10.0. The van der Waals surface area contributed by atoms with Crippen LogP contribution in [0.15, 0.2) is 29.3 Å². The maximum absolute atomic E-state index is 11.9. The Morgan fingerprint density at radius 3 is 2.43 bits per heavy atom. The molecule has 156 valence electrons. The van der Waals surface area contributed by atoms with Gasteiger partial charge in [0.05, 0.1) is 6.61 Å². The van der Waals surface area contributed by atoms with E-state index in [2.05, 4.69) is 39.5 Å². The molecule has 0 unspecified atom stereocenters. The molecule has 0 radical (unpaired) electrons. The lowest BCUT2D eigenvalue weighted by atomic mass is 10.1. The molecule has 1 N–H and O–H groups in total. The van der Waals surface area contributed by atoms with E-state index in [0.29, 0.717) is 19.1 Å². The number of carbonyl (C=O) groups is 1. The quantitative estimate of drug-likeness (QED) is 0.417. The Hall–Kier alpha value is -2.28. The van der Waals surface area contributed by atoms with Crippen LogP contribution in [0.5, 0.6) is 0 Å². The SMILES string of the molecule is COCCNC(=NCC(=O)N(C)C)N(C)Cc1ccc(N2CCCCC2)cc1. The van der Waals surface area contributed by atoms with Crippen LogP contribution in [-0.4, -0.2) is 82.7 Å². The molecule has 0 aliphatic carbocycles. The topological polar surface area (TPSA) is 60.4 Å². The average molecular weight is 390 g/mol. The Kier molecular flexibility index (Phi) is 9.07. The third-order valence-electron chi connectivity index (χ3n) is 4.89. The summed E-state index contributed by atoms with van der Waals surface area (Å²) in [6.07, 6.45) is 3.90. The van der Waals surface area contributed by atoms with Crippen molar-refractivity contribution >= 4 is 17.6 Å². The van der Waals surface area contributed by atoms with Gasteiger partial charge in [-0.1, -0.05) is 12.1 Å². The molecule has 28 heavy (non-hydrogen) atoms. The molecule has 2 rings (SSSR count). The van der Waals surface area contributed by atoms with Crippen molar-refractivity contribution < 1.29 is 9.53 Å². The number of piperidine rings is 1. The molecule has 0 aromatic heterocycles. The van der Waals surface area contributed by atoms with Gasteiger partial charge in [0.15, 0.2) is 5.96 Å². The highest BCUT2D eigenvalue weighted by Crippen LogP contribution is 2.20. The van der Waals surface area contributed by atoms with E-state index in [9.17, 15) is 4.79 Å². The van der Waals surface area contributed by atoms with Gasteiger partial charge in [0, 0.05) is 60.1 Å². The minimum Gasteiger partial charge on any atom is -0.383 e. The number of nitrogens with zero attached hydrogens (tertiary/aromatic N) is 4. The van der Waals surface area contributed by atoms with Crippen LogP contribution < -0.4 is 10.2 Å². The molecule has 1 heterocycles. The highest BCUT2D eigenvalue weighted by molar-refractivity contribution is 5.84. The zero-order valence-electron chi connectivity index (χ0n) is 17.8. The molecule has 1 aromatic carbocycles. The monoisotopic (exact) mass is 389 g/mol. The highest BCUT2D eigenvalue weighted by atomic mass is 16.5. The van der Waals surface area contributed by atoms with Crippen molar-refractivity contribution in [2.24, 2.45) is 4.99 Å². The summed E-state index contributed by atoms with van der Waals surface area (Å²) >= 11 is 0. The molecule has 0 spiro atoms. The zero-order chi connectivity index (χ0) is 20.4. The van der Waals surface area contributed by atoms with Crippen molar-refractivity contribution in [1.82, 2.24) is 15.1 Å². The van der Waals surface area contributed by atoms with Crippen LogP contribution in [-0.2, 0) is 16.1 Å². The van der Waals surface area contributed by atoms with Crippen LogP contribution in [0.25, 0.3) is 0 Å². The second kappa shape index (κ2) is 11.5. The van der Waals surface area contributed by atoms with Crippen molar-refractivity contribution in [2.45, 2.75) is 25.8 Å². The molecule has 1 saturated heterocycles. The number of carbonyl (C=O) groups excluding carboxylic acids is 1. The third-order valence-corrected chi connectivity index (χ3v) is 4.89. The van der Waals surface area contributed by atoms with Crippen LogP contribution in [0.3, 0.4) is 0 Å². The van der Waals surface area contributed by atoms with Gasteiger partial charge in [0.25, 0.3) is 0 Å². The minimum atomic E-state index is -0.0228. The number of anilines is 1. The van der Waals surface area contributed by atoms with E-state index in [1.54, 1.807) is 26.1 Å². The number of guanidine groups is 1. The van der Waals surface area contributed by atoms with Crippen molar-refractivity contribution in [2.75, 3.05) is 65.9 Å². The summed E-state index contributed by atoms with van der Waals surface area (Å²) in [7, 11) is 7.13. The standard InChI is InChI=1S/C21H35N5O2/c1-24(2)20(27)16-23-21(22-12-15-28-4)25(3)17-18-8-10-19(11-9-18)26-13-6-5-7-14-26/h8-11H,5-7,12-17H2,1-4H3,(H,22,23). The van der Waals surface area contributed by atoms with Gasteiger partial charge in [-0.15, -0.1) is 0 Å². The van der Waals surface area contributed by atoms with Crippen LogP contribution in [0.4, 0.5) is 5.69 Å². The summed E-state index contributed by atoms with van der Waals surface area (Å²) < 4.78 is 5.11. The first kappa shape index (κ1) is 22.0. The number of rotatable bonds is 8. The molecule has 1 amide bonds. The van der Waals surface area contributed by atoms with E-state index >= 15 is 0 Å². The molecule has 1 aromatic rings. The predicted octanol–water partition coefficient (Wildman–Crippen LogP) is 1.79. The Labute approximate surface area is 169 Å². The second-order valence-electron chi connectivity index (χ2n) is 7.42. The second-order valence-corrected chi connectivity index (χ2v) is 7.42. The Morgan fingerprint density at radius 2 is 1.82 bits per heavy atom. The van der Waals surface area contributed by atoms with Gasteiger partial charge in [-0.3, -0.25) is 4.79 Å². The van der Waals surface area contributed by atoms with Gasteiger partial charge in [0.1, 0.15) is 6.54 Å². The molecular weight excluding hydrogens is 354 g/mol. The summed E-state index contributed by atoms with van der Waals surface area (Å²) in [6, 6.07) is 8.77. The van der Waals surface area contributed by atoms with Gasteiger partial charge in [-0.25, -0.2) is 4.99 Å². The summed E-state index contributed by atoms with van der Waals surface area (Å²) in [4.78, 5) is 22.4. The molecule has 7 nitrogen and oxygen atoms in total. The maximum Gasteiger partial charge on any atom is 0.243 e. The lowest BCUT2D eigenvalue weighted by Gasteiger charge is -2.29. The molecular formula is C21H35N5O2. The van der Waals surface area contributed by atoms with Crippen LogP contribution in [0.2, 0.25) is 0 Å². The Balaban J connectivity index is 1.99. The van der Waals surface area contributed by atoms with E-state index in [1.807, 2.05) is 11.9 Å². The number of aliphatic imine (C=N–C) groups is 1. The van der Waals surface area contributed by atoms with E-state index in [0.717, 1.165) is 19.6 Å². The molecule has 1 fully saturated rings. The smallest absolute Gasteiger partial charge is 0.243 e. The van der Waals surface area contributed by atoms with Gasteiger partial charge >= 0.3 is 0 Å². The third kappa shape index (κ3) is 7.03. The van der Waals surface area contributed by atoms with Crippen molar-refractivity contribution in [3.8, 4) is 0 Å². The fraction of sp³-hybridized carbons (Fsp3) is 0.619. The predicted molar refractivity (Wildman–Crippen MR) is 115 cm³/mol. The van der Waals surface area contributed by atoms with Gasteiger partial charge in [0.2, 0.25) is 5.91 Å². The number of benzene rings is 1. The highest BCUT2D eigenvalue weighted by Gasteiger charge is 2.12. The molecule has 1 aliphatic rings. The molecule has 0 saturated carbocycles. The summed E-state index contributed by atoms with van der Waals surface area (Å²) in [5, 5.41) is 3.27. The van der Waals surface area contributed by atoms with Gasteiger partial charge in [-0.2, -0.15) is 0 Å². The number of ether oxygens (including phenoxy) is 1. The average Bonchev–Trinajstić information content (AvgIpc) is 2.71. The van der Waals surface area contributed by atoms with Crippen LogP contribution in [0.1, 0.15) is 24.8 Å². The first-order valence-electron chi connectivity index (χ1n) is 10.0. The molecule has 0 atom stereocenters. The van der Waals surface area contributed by atoms with E-state index in [1.165, 1.54) is 30.5 Å². The summed E-state index contributed by atoms with van der Waals surface area (Å²) in [5.74, 6) is 0.678. The number of likely N-dealkylation sites (N-methyl/N-ethyl adjacent to an activating group) is 1. The number of hydrogen-bond acceptors (Lipinski definition) is 4. The minimum absolute atomic E-state index is 0.0228. The van der Waals surface area contributed by atoms with E-state index in [4.69, 9.17) is 4.74 Å². The van der Waals surface area contributed by atoms with E-state index < -0.39 is 0 Å². The Morgan fingerprint density at radius 1 is 1.14 bits per heavy atom. The molecule has 1 aliphatic heterocycles. The fourth-order valence-electron chi connectivity index (χ4n) is 3.17. The molecule has 7 heteroatoms. The normalized spacial score (nSPS) is 14.7. The number of amides is 1. The van der Waals surface area contributed by atoms with Gasteiger partial charge < -0.3 is 24.8 Å². The van der Waals surface area contributed by atoms with Crippen LogP contribution >= 0.6 is 0 Å². The summed E-state index contributed by atoms with van der Waals surface area (Å²) in [6.45, 7) is 4.37. The largest absolute Gasteiger partial charge is 0.383 e. The zero-order valence-corrected chi connectivity index (χ0v) is 17.8. The first-order chi connectivity index (χ1) is 13.5. The van der Waals surface area contributed by atoms with Crippen LogP contribution in [0, 0.1) is 0 Å². The van der Waals surface area contributed by atoms with E-state index in [-0.39, 0.29) is 12.5 Å². The van der Waals surface area contributed by atoms with Gasteiger partial charge in [-0.05, 0) is 37.0 Å². The lowest BCUT2D eigenvalue weighted by molar-refractivity contribution is -0.127. The Bertz CT molecular complexity index is 624. The summed E-state index contributed by atoms with van der Waals surface area (Å²) in [5.41, 5.74) is 2.51. The maximum atomic E-state index is 11.9. The number of nitrogens with one attached hydrogen (secondary N) is 1. The lowest BCUT2D eigenvalue weighted by Crippen LogP contribution is -2.41. The number of methoxy groups -OCH3 is 1. The van der Waals surface area contributed by atoms with Crippen molar-refractivity contribution in [3.63, 3.8) is 0 Å². The van der Waals surface area contributed by atoms with Crippen molar-refractivity contribution in [3.05, 3.63) is 29.8 Å². The van der Waals surface area contributed by atoms with Crippen molar-refractivity contribution in [1.29, 1.82) is 0 Å². The molecule has 0 bridgehead atoms. The fourth-order valence-corrected chi connectivity index (χ4v) is 3.17. The number of hydrogen-bond donors (Lipinski definition) is 1.